The molecule has 1 aromatic heterocycles. The summed E-state index contributed by atoms with van der Waals surface area (Å²) in [6.45, 7) is 1.55. The number of benzene rings is 2. The van der Waals surface area contributed by atoms with Crippen molar-refractivity contribution in [3.05, 3.63) is 70.7 Å². The minimum Gasteiger partial charge on any atom is -0.423 e. The van der Waals surface area contributed by atoms with Crippen LogP contribution in [0.3, 0.4) is 0 Å². The zero-order chi connectivity index (χ0) is 16.4. The lowest BCUT2D eigenvalue weighted by molar-refractivity contribution is 0.0733. The van der Waals surface area contributed by atoms with Gasteiger partial charge < -0.3 is 9.26 Å². The Morgan fingerprint density at radius 3 is 2.61 bits per heavy atom. The minimum absolute atomic E-state index is 0.00558. The van der Waals surface area contributed by atoms with Crippen LogP contribution in [0.2, 0.25) is 5.02 Å². The van der Waals surface area contributed by atoms with Gasteiger partial charge in [0.2, 0.25) is 0 Å². The molecule has 0 unspecified atom stereocenters. The Labute approximate surface area is 136 Å². The van der Waals surface area contributed by atoms with E-state index in [4.69, 9.17) is 20.9 Å². The number of aryl methyl sites for hydroxylation is 1. The Morgan fingerprint density at radius 1 is 1.17 bits per heavy atom. The van der Waals surface area contributed by atoms with Crippen molar-refractivity contribution in [1.29, 1.82) is 0 Å². The van der Waals surface area contributed by atoms with E-state index < -0.39 is 11.8 Å². The van der Waals surface area contributed by atoms with Gasteiger partial charge in [-0.1, -0.05) is 41.0 Å². The van der Waals surface area contributed by atoms with Gasteiger partial charge in [0.15, 0.2) is 0 Å². The third kappa shape index (κ3) is 2.96. The molecule has 4 nitrogen and oxygen atoms in total. The van der Waals surface area contributed by atoms with Gasteiger partial charge in [0, 0.05) is 0 Å². The first-order valence-corrected chi connectivity index (χ1v) is 7.13. The maximum Gasteiger partial charge on any atom is 0.349 e. The molecule has 6 heteroatoms. The lowest BCUT2D eigenvalue weighted by Gasteiger charge is -2.06. The Bertz CT molecular complexity index is 841. The quantitative estimate of drug-likeness (QED) is 0.517. The highest BCUT2D eigenvalue weighted by Gasteiger charge is 2.26. The van der Waals surface area contributed by atoms with Crippen molar-refractivity contribution >= 4 is 17.6 Å². The molecule has 0 N–H and O–H groups in total. The normalized spacial score (nSPS) is 10.6. The van der Waals surface area contributed by atoms with Crippen molar-refractivity contribution in [3.8, 4) is 17.0 Å². The number of ether oxygens (including phenoxy) is 1. The van der Waals surface area contributed by atoms with Crippen molar-refractivity contribution < 1.29 is 18.4 Å². The van der Waals surface area contributed by atoms with E-state index in [2.05, 4.69) is 5.16 Å². The second-order valence-corrected chi connectivity index (χ2v) is 5.17. The van der Waals surface area contributed by atoms with Crippen LogP contribution in [0.25, 0.3) is 11.3 Å². The number of nitrogens with zero attached hydrogens (tertiary/aromatic N) is 1. The van der Waals surface area contributed by atoms with Gasteiger partial charge in [-0.05, 0) is 31.2 Å². The Morgan fingerprint density at radius 2 is 1.91 bits per heavy atom. The summed E-state index contributed by atoms with van der Waals surface area (Å²) >= 11 is 6.04. The molecule has 3 rings (SSSR count). The monoisotopic (exact) mass is 331 g/mol. The third-order valence-corrected chi connectivity index (χ3v) is 3.54. The number of carbonyl (C=O) groups excluding carboxylic acids is 1. The van der Waals surface area contributed by atoms with Gasteiger partial charge in [0.1, 0.15) is 28.6 Å². The molecule has 0 saturated carbocycles. The van der Waals surface area contributed by atoms with Gasteiger partial charge in [0.05, 0.1) is 10.6 Å². The zero-order valence-corrected chi connectivity index (χ0v) is 12.8. The molecular formula is C17H11ClFNO3. The topological polar surface area (TPSA) is 52.3 Å². The molecular weight excluding hydrogens is 321 g/mol. The molecule has 0 fully saturated rings. The first kappa shape index (κ1) is 15.2. The van der Waals surface area contributed by atoms with Crippen LogP contribution < -0.4 is 4.74 Å². The average Bonchev–Trinajstić information content (AvgIpc) is 2.90. The summed E-state index contributed by atoms with van der Waals surface area (Å²) in [6, 6.07) is 12.7. The van der Waals surface area contributed by atoms with E-state index >= 15 is 0 Å². The van der Waals surface area contributed by atoms with Crippen molar-refractivity contribution in [2.75, 3.05) is 0 Å². The number of para-hydroxylation sites is 1. The van der Waals surface area contributed by atoms with Crippen LogP contribution in [0, 0.1) is 12.7 Å². The molecule has 23 heavy (non-hydrogen) atoms. The van der Waals surface area contributed by atoms with Crippen LogP contribution in [0.4, 0.5) is 4.39 Å². The maximum atomic E-state index is 14.1. The standard InChI is InChI=1S/C17H11ClFNO3/c1-10-14(17(21)22-11-6-3-2-4-7-11)16(20-23-10)15-12(18)8-5-9-13(15)19/h2-9H,1H3. The van der Waals surface area contributed by atoms with Gasteiger partial charge in [-0.2, -0.15) is 0 Å². The lowest BCUT2D eigenvalue weighted by Crippen LogP contribution is -2.10. The highest BCUT2D eigenvalue weighted by atomic mass is 35.5. The van der Waals surface area contributed by atoms with Gasteiger partial charge >= 0.3 is 5.97 Å². The predicted molar refractivity (Wildman–Crippen MR) is 83.0 cm³/mol. The van der Waals surface area contributed by atoms with Crippen LogP contribution in [0.1, 0.15) is 16.1 Å². The molecule has 0 saturated heterocycles. The van der Waals surface area contributed by atoms with Gasteiger partial charge in [-0.25, -0.2) is 9.18 Å². The van der Waals surface area contributed by atoms with Crippen LogP contribution in [-0.4, -0.2) is 11.1 Å². The Hall–Kier alpha value is -2.66. The number of aromatic nitrogens is 1. The first-order valence-electron chi connectivity index (χ1n) is 6.76. The van der Waals surface area contributed by atoms with Crippen molar-refractivity contribution in [1.82, 2.24) is 5.16 Å². The SMILES string of the molecule is Cc1onc(-c2c(F)cccc2Cl)c1C(=O)Oc1ccccc1. The van der Waals surface area contributed by atoms with Crippen molar-refractivity contribution in [2.24, 2.45) is 0 Å². The molecule has 0 atom stereocenters. The number of carbonyl (C=O) groups is 1. The van der Waals surface area contributed by atoms with Crippen LogP contribution in [0.15, 0.2) is 53.1 Å². The summed E-state index contributed by atoms with van der Waals surface area (Å²) in [5.74, 6) is -0.701. The second-order valence-electron chi connectivity index (χ2n) is 4.76. The molecule has 0 spiro atoms. The highest BCUT2D eigenvalue weighted by Crippen LogP contribution is 2.33. The number of esters is 1. The summed E-state index contributed by atoms with van der Waals surface area (Å²) in [4.78, 5) is 12.4. The fourth-order valence-electron chi connectivity index (χ4n) is 2.15. The van der Waals surface area contributed by atoms with Gasteiger partial charge in [-0.15, -0.1) is 0 Å². The third-order valence-electron chi connectivity index (χ3n) is 3.22. The number of halogens is 2. The lowest BCUT2D eigenvalue weighted by atomic mass is 10.1. The Kier molecular flexibility index (Phi) is 4.12. The fourth-order valence-corrected chi connectivity index (χ4v) is 2.41. The Balaban J connectivity index is 2.04. The van der Waals surface area contributed by atoms with E-state index in [1.807, 2.05) is 0 Å². The van der Waals surface area contributed by atoms with Crippen molar-refractivity contribution in [2.45, 2.75) is 6.92 Å². The van der Waals surface area contributed by atoms with Crippen molar-refractivity contribution in [3.63, 3.8) is 0 Å². The van der Waals surface area contributed by atoms with E-state index in [1.165, 1.54) is 18.2 Å². The molecule has 0 amide bonds. The molecule has 0 radical (unpaired) electrons. The summed E-state index contributed by atoms with van der Waals surface area (Å²) < 4.78 is 24.4. The molecule has 0 aliphatic rings. The van der Waals surface area contributed by atoms with E-state index in [0.717, 1.165) is 0 Å². The maximum absolute atomic E-state index is 14.1. The number of hydrogen-bond donors (Lipinski definition) is 0. The average molecular weight is 332 g/mol. The summed E-state index contributed by atoms with van der Waals surface area (Å²) in [5.41, 5.74) is 0.0680. The molecule has 0 bridgehead atoms. The number of hydrogen-bond acceptors (Lipinski definition) is 4. The zero-order valence-electron chi connectivity index (χ0n) is 12.0. The van der Waals surface area contributed by atoms with E-state index in [9.17, 15) is 9.18 Å². The van der Waals surface area contributed by atoms with E-state index in [-0.39, 0.29) is 27.6 Å². The summed E-state index contributed by atoms with van der Waals surface area (Å²) in [5, 5.41) is 3.90. The summed E-state index contributed by atoms with van der Waals surface area (Å²) in [6.07, 6.45) is 0. The van der Waals surface area contributed by atoms with Crippen LogP contribution in [0.5, 0.6) is 5.75 Å². The molecule has 116 valence electrons. The fraction of sp³-hybridized carbons (Fsp3) is 0.0588. The van der Waals surface area contributed by atoms with Gasteiger partial charge in [0.25, 0.3) is 0 Å². The van der Waals surface area contributed by atoms with E-state index in [1.54, 1.807) is 37.3 Å². The molecule has 1 heterocycles. The smallest absolute Gasteiger partial charge is 0.349 e. The van der Waals surface area contributed by atoms with Crippen LogP contribution in [-0.2, 0) is 0 Å². The van der Waals surface area contributed by atoms with Crippen LogP contribution >= 0.6 is 11.6 Å². The molecule has 2 aromatic carbocycles. The minimum atomic E-state index is -0.690. The molecule has 0 aliphatic heterocycles. The second kappa shape index (κ2) is 6.22. The molecule has 0 aliphatic carbocycles. The largest absolute Gasteiger partial charge is 0.423 e. The van der Waals surface area contributed by atoms with E-state index in [0.29, 0.717) is 5.75 Å². The number of rotatable bonds is 3. The first-order chi connectivity index (χ1) is 11.1. The molecule has 3 aromatic rings. The highest BCUT2D eigenvalue weighted by molar-refractivity contribution is 6.33. The summed E-state index contributed by atoms with van der Waals surface area (Å²) in [7, 11) is 0. The van der Waals surface area contributed by atoms with Gasteiger partial charge in [-0.3, -0.25) is 0 Å². The predicted octanol–water partition coefficient (Wildman–Crippen LogP) is 4.66.